The number of thiazole rings is 1. The van der Waals surface area contributed by atoms with E-state index in [2.05, 4.69) is 36.2 Å². The number of carbonyl (C=O) groups excluding carboxylic acids is 1. The maximum Gasteiger partial charge on any atom is 0.230 e. The van der Waals surface area contributed by atoms with E-state index < -0.39 is 0 Å². The summed E-state index contributed by atoms with van der Waals surface area (Å²) in [6, 6.07) is 16.9. The minimum absolute atomic E-state index is 0.127. The Morgan fingerprint density at radius 1 is 1.21 bits per heavy atom. The highest BCUT2D eigenvalue weighted by molar-refractivity contribution is 7.15. The van der Waals surface area contributed by atoms with Gasteiger partial charge in [-0.3, -0.25) is 9.69 Å². The smallest absolute Gasteiger partial charge is 0.230 e. The van der Waals surface area contributed by atoms with E-state index in [1.807, 2.05) is 12.1 Å². The molecule has 1 unspecified atom stereocenters. The Labute approximate surface area is 202 Å². The van der Waals surface area contributed by atoms with E-state index in [9.17, 15) is 4.79 Å². The van der Waals surface area contributed by atoms with Crippen LogP contribution in [0.25, 0.3) is 0 Å². The van der Waals surface area contributed by atoms with Gasteiger partial charge in [-0.15, -0.1) is 11.3 Å². The Morgan fingerprint density at radius 3 is 2.58 bits per heavy atom. The van der Waals surface area contributed by atoms with Gasteiger partial charge in [0.1, 0.15) is 6.07 Å². The van der Waals surface area contributed by atoms with Crippen LogP contribution in [0, 0.1) is 28.6 Å². The molecule has 1 N–H and O–H groups in total. The van der Waals surface area contributed by atoms with Gasteiger partial charge < -0.3 is 5.32 Å². The molecule has 0 bridgehead atoms. The standard InChI is InChI=1S/C25H22ClN5OS/c1-15(2)24-23-21(14-31(24)13-18-7-8-19(12-28)20(26)9-18)33-25(30-23)29-22(32)10-16-3-5-17(11-27)6-4-16/h3-9,15,24H,10,13-14H2,1-2H3,(H,29,30,32). The molecule has 1 aromatic heterocycles. The third kappa shape index (κ3) is 5.07. The lowest BCUT2D eigenvalue weighted by Crippen LogP contribution is -2.26. The lowest BCUT2D eigenvalue weighted by atomic mass is 10.0. The third-order valence-corrected chi connectivity index (χ3v) is 6.90. The van der Waals surface area contributed by atoms with Crippen LogP contribution >= 0.6 is 22.9 Å². The summed E-state index contributed by atoms with van der Waals surface area (Å²) in [4.78, 5) is 20.8. The van der Waals surface area contributed by atoms with Crippen molar-refractivity contribution in [3.05, 3.63) is 80.3 Å². The molecular formula is C25H22ClN5OS. The monoisotopic (exact) mass is 475 g/mol. The molecule has 1 amide bonds. The summed E-state index contributed by atoms with van der Waals surface area (Å²) in [5.41, 5.74) is 3.97. The highest BCUT2D eigenvalue weighted by Crippen LogP contribution is 2.43. The van der Waals surface area contributed by atoms with Crippen LogP contribution in [-0.2, 0) is 24.3 Å². The molecule has 8 heteroatoms. The first-order valence-electron chi connectivity index (χ1n) is 10.6. The van der Waals surface area contributed by atoms with Crippen LogP contribution in [0.4, 0.5) is 5.13 Å². The number of nitrogens with zero attached hydrogens (tertiary/aromatic N) is 4. The molecular weight excluding hydrogens is 454 g/mol. The Kier molecular flexibility index (Phi) is 6.76. The molecule has 1 aliphatic rings. The minimum Gasteiger partial charge on any atom is -0.302 e. The second-order valence-corrected chi connectivity index (χ2v) is 9.87. The van der Waals surface area contributed by atoms with Gasteiger partial charge in [-0.25, -0.2) is 4.98 Å². The molecule has 0 fully saturated rings. The first kappa shape index (κ1) is 22.9. The van der Waals surface area contributed by atoms with Crippen molar-refractivity contribution in [1.29, 1.82) is 10.5 Å². The molecule has 3 aromatic rings. The average Bonchev–Trinajstić information content (AvgIpc) is 3.30. The van der Waals surface area contributed by atoms with E-state index in [4.69, 9.17) is 27.1 Å². The van der Waals surface area contributed by atoms with Crippen LogP contribution in [0.3, 0.4) is 0 Å². The van der Waals surface area contributed by atoms with Crippen molar-refractivity contribution in [2.24, 2.45) is 5.92 Å². The number of nitriles is 2. The van der Waals surface area contributed by atoms with Crippen LogP contribution in [-0.4, -0.2) is 15.8 Å². The van der Waals surface area contributed by atoms with E-state index in [-0.39, 0.29) is 18.4 Å². The first-order valence-corrected chi connectivity index (χ1v) is 11.8. The second kappa shape index (κ2) is 9.72. The van der Waals surface area contributed by atoms with Gasteiger partial charge in [0.15, 0.2) is 5.13 Å². The van der Waals surface area contributed by atoms with Gasteiger partial charge in [-0.2, -0.15) is 10.5 Å². The van der Waals surface area contributed by atoms with Crippen molar-refractivity contribution in [2.45, 2.75) is 39.4 Å². The van der Waals surface area contributed by atoms with Crippen molar-refractivity contribution in [1.82, 2.24) is 9.88 Å². The van der Waals surface area contributed by atoms with E-state index in [1.165, 1.54) is 11.3 Å². The number of fused-ring (bicyclic) bond motifs is 1. The predicted molar refractivity (Wildman–Crippen MR) is 129 cm³/mol. The average molecular weight is 476 g/mol. The number of nitrogens with one attached hydrogen (secondary N) is 1. The van der Waals surface area contributed by atoms with Gasteiger partial charge in [0.25, 0.3) is 0 Å². The molecule has 166 valence electrons. The summed E-state index contributed by atoms with van der Waals surface area (Å²) in [6.45, 7) is 5.79. The van der Waals surface area contributed by atoms with Crippen LogP contribution in [0.15, 0.2) is 42.5 Å². The minimum atomic E-state index is -0.127. The van der Waals surface area contributed by atoms with Gasteiger partial charge in [0.05, 0.1) is 40.4 Å². The first-order chi connectivity index (χ1) is 15.9. The van der Waals surface area contributed by atoms with Gasteiger partial charge in [0.2, 0.25) is 5.91 Å². The number of rotatable bonds is 6. The molecule has 4 rings (SSSR count). The van der Waals surface area contributed by atoms with Crippen molar-refractivity contribution < 1.29 is 4.79 Å². The van der Waals surface area contributed by atoms with Crippen molar-refractivity contribution in [2.75, 3.05) is 5.32 Å². The molecule has 1 atom stereocenters. The molecule has 2 aromatic carbocycles. The number of hydrogen-bond acceptors (Lipinski definition) is 6. The predicted octanol–water partition coefficient (Wildman–Crippen LogP) is 5.43. The van der Waals surface area contributed by atoms with Gasteiger partial charge >= 0.3 is 0 Å². The van der Waals surface area contributed by atoms with Gasteiger partial charge in [-0.05, 0) is 41.3 Å². The molecule has 1 aliphatic heterocycles. The summed E-state index contributed by atoms with van der Waals surface area (Å²) in [5, 5.41) is 22.0. The lowest BCUT2D eigenvalue weighted by molar-refractivity contribution is -0.115. The zero-order valence-electron chi connectivity index (χ0n) is 18.3. The van der Waals surface area contributed by atoms with Crippen molar-refractivity contribution in [3.8, 4) is 12.1 Å². The quantitative estimate of drug-likeness (QED) is 0.512. The number of anilines is 1. The molecule has 0 saturated heterocycles. The highest BCUT2D eigenvalue weighted by atomic mass is 35.5. The summed E-state index contributed by atoms with van der Waals surface area (Å²) in [5.74, 6) is 0.210. The van der Waals surface area contributed by atoms with Crippen LogP contribution in [0.5, 0.6) is 0 Å². The van der Waals surface area contributed by atoms with Crippen molar-refractivity contribution in [3.63, 3.8) is 0 Å². The van der Waals surface area contributed by atoms with E-state index in [0.717, 1.165) is 28.2 Å². The Balaban J connectivity index is 1.45. The molecule has 0 saturated carbocycles. The third-order valence-electron chi connectivity index (χ3n) is 5.61. The van der Waals surface area contributed by atoms with E-state index in [0.29, 0.717) is 33.7 Å². The normalized spacial score (nSPS) is 15.2. The number of hydrogen-bond donors (Lipinski definition) is 1. The highest BCUT2D eigenvalue weighted by Gasteiger charge is 2.36. The van der Waals surface area contributed by atoms with Gasteiger partial charge in [0, 0.05) is 18.0 Å². The maximum absolute atomic E-state index is 12.5. The Morgan fingerprint density at radius 2 is 1.94 bits per heavy atom. The number of aromatic nitrogens is 1. The zero-order chi connectivity index (χ0) is 23.5. The fourth-order valence-corrected chi connectivity index (χ4v) is 5.43. The maximum atomic E-state index is 12.5. The second-order valence-electron chi connectivity index (χ2n) is 8.38. The van der Waals surface area contributed by atoms with Crippen molar-refractivity contribution >= 4 is 34.0 Å². The molecule has 33 heavy (non-hydrogen) atoms. The molecule has 6 nitrogen and oxygen atoms in total. The van der Waals surface area contributed by atoms with Crippen LogP contribution in [0.1, 0.15) is 52.7 Å². The number of amides is 1. The largest absolute Gasteiger partial charge is 0.302 e. The topological polar surface area (TPSA) is 92.8 Å². The lowest BCUT2D eigenvalue weighted by Gasteiger charge is -2.27. The number of halogens is 1. The van der Waals surface area contributed by atoms with Crippen LogP contribution in [0.2, 0.25) is 5.02 Å². The SMILES string of the molecule is CC(C)C1c2nc(NC(=O)Cc3ccc(C#N)cc3)sc2CN1Cc1ccc(C#N)c(Cl)c1. The summed E-state index contributed by atoms with van der Waals surface area (Å²) >= 11 is 7.73. The summed E-state index contributed by atoms with van der Waals surface area (Å²) in [7, 11) is 0. The molecule has 0 spiro atoms. The summed E-state index contributed by atoms with van der Waals surface area (Å²) < 4.78 is 0. The van der Waals surface area contributed by atoms with Gasteiger partial charge in [-0.1, -0.05) is 43.6 Å². The fourth-order valence-electron chi connectivity index (χ4n) is 4.14. The van der Waals surface area contributed by atoms with E-state index >= 15 is 0 Å². The summed E-state index contributed by atoms with van der Waals surface area (Å²) in [6.07, 6.45) is 0.231. The Hall–Kier alpha value is -3.23. The molecule has 0 radical (unpaired) electrons. The molecule has 2 heterocycles. The zero-order valence-corrected chi connectivity index (χ0v) is 19.9. The number of benzene rings is 2. The molecule has 0 aliphatic carbocycles. The van der Waals surface area contributed by atoms with E-state index in [1.54, 1.807) is 30.3 Å². The Bertz CT molecular complexity index is 1270. The van der Waals surface area contributed by atoms with Crippen LogP contribution < -0.4 is 5.32 Å². The fraction of sp³-hybridized carbons (Fsp3) is 0.280. The number of carbonyl (C=O) groups is 1.